The zero-order valence-corrected chi connectivity index (χ0v) is 6.22. The highest BCUT2D eigenvalue weighted by Gasteiger charge is 2.09. The van der Waals surface area contributed by atoms with Crippen LogP contribution in [0.15, 0.2) is 11.8 Å². The third kappa shape index (κ3) is 2.01. The Morgan fingerprint density at radius 1 is 1.60 bits per heavy atom. The van der Waals surface area contributed by atoms with Crippen molar-refractivity contribution in [1.82, 2.24) is 0 Å². The second-order valence-electron chi connectivity index (χ2n) is 2.29. The van der Waals surface area contributed by atoms with Crippen molar-refractivity contribution < 1.29 is 4.79 Å². The maximum Gasteiger partial charge on any atom is 0.168 e. The minimum atomic E-state index is -0.0867. The molecule has 0 radical (unpaired) electrons. The van der Waals surface area contributed by atoms with Crippen LogP contribution < -0.4 is 5.73 Å². The van der Waals surface area contributed by atoms with E-state index >= 15 is 0 Å². The fourth-order valence-electron chi connectivity index (χ4n) is 0.535. The lowest BCUT2D eigenvalue weighted by Crippen LogP contribution is -2.12. The van der Waals surface area contributed by atoms with Gasteiger partial charge >= 0.3 is 0 Å². The second kappa shape index (κ2) is 3.82. The lowest BCUT2D eigenvalue weighted by molar-refractivity contribution is -0.117. The van der Waals surface area contributed by atoms with Crippen molar-refractivity contribution in [2.75, 3.05) is 0 Å². The van der Waals surface area contributed by atoms with Gasteiger partial charge in [0.2, 0.25) is 0 Å². The van der Waals surface area contributed by atoms with Crippen molar-refractivity contribution >= 4 is 12.0 Å². The number of Topliss-reactive ketones (excluding diaryl/α,β-unsaturated/α-hetero) is 1. The topological polar surface area (TPSA) is 66.9 Å². The first-order chi connectivity index (χ1) is 4.63. The van der Waals surface area contributed by atoms with E-state index in [2.05, 4.69) is 0 Å². The smallest absolute Gasteiger partial charge is 0.168 e. The first-order valence-electron chi connectivity index (χ1n) is 3.10. The highest BCUT2D eigenvalue weighted by Crippen LogP contribution is 2.01. The molecule has 0 spiro atoms. The molecule has 0 amide bonds. The molecule has 0 saturated heterocycles. The van der Waals surface area contributed by atoms with Gasteiger partial charge in [0.1, 0.15) is 0 Å². The van der Waals surface area contributed by atoms with E-state index in [1.807, 2.05) is 0 Å². The fraction of sp³-hybridized carbons (Fsp3) is 0.429. The van der Waals surface area contributed by atoms with Crippen LogP contribution in [0.3, 0.4) is 0 Å². The van der Waals surface area contributed by atoms with Crippen molar-refractivity contribution in [2.45, 2.75) is 13.8 Å². The Hall–Kier alpha value is -1.12. The molecular formula is C7H12N2O. The van der Waals surface area contributed by atoms with Gasteiger partial charge < -0.3 is 11.1 Å². The standard InChI is InChI=1S/C7H12N2O/c1-5(2)7(10)6(3-8)4-9/h3-5,8H,9H2,1-2H3/b6-4+,8-3?. The Labute approximate surface area is 60.4 Å². The predicted molar refractivity (Wildman–Crippen MR) is 40.9 cm³/mol. The van der Waals surface area contributed by atoms with Crippen LogP contribution in [0.5, 0.6) is 0 Å². The molecule has 0 atom stereocenters. The number of nitrogens with two attached hydrogens (primary N) is 1. The number of carbonyl (C=O) groups is 1. The number of hydrogen-bond acceptors (Lipinski definition) is 3. The first-order valence-corrected chi connectivity index (χ1v) is 3.10. The van der Waals surface area contributed by atoms with E-state index in [0.717, 1.165) is 12.4 Å². The van der Waals surface area contributed by atoms with Gasteiger partial charge in [-0.2, -0.15) is 0 Å². The van der Waals surface area contributed by atoms with Gasteiger partial charge in [0.15, 0.2) is 5.78 Å². The highest BCUT2D eigenvalue weighted by molar-refractivity contribution is 6.13. The van der Waals surface area contributed by atoms with Gasteiger partial charge in [0, 0.05) is 18.3 Å². The van der Waals surface area contributed by atoms with Crippen LogP contribution in [-0.4, -0.2) is 12.0 Å². The van der Waals surface area contributed by atoms with Crippen molar-refractivity contribution in [1.29, 1.82) is 5.41 Å². The van der Waals surface area contributed by atoms with E-state index in [0.29, 0.717) is 0 Å². The van der Waals surface area contributed by atoms with Crippen LogP contribution in [0.4, 0.5) is 0 Å². The number of ketones is 1. The summed E-state index contributed by atoms with van der Waals surface area (Å²) >= 11 is 0. The average molecular weight is 140 g/mol. The summed E-state index contributed by atoms with van der Waals surface area (Å²) in [6, 6.07) is 0. The fourth-order valence-corrected chi connectivity index (χ4v) is 0.535. The van der Waals surface area contributed by atoms with E-state index < -0.39 is 0 Å². The van der Waals surface area contributed by atoms with Crippen molar-refractivity contribution in [3.8, 4) is 0 Å². The minimum absolute atomic E-state index is 0.0856. The summed E-state index contributed by atoms with van der Waals surface area (Å²) in [5, 5.41) is 6.79. The van der Waals surface area contributed by atoms with Gasteiger partial charge in [-0.1, -0.05) is 13.8 Å². The Morgan fingerprint density at radius 3 is 2.20 bits per heavy atom. The Morgan fingerprint density at radius 2 is 2.10 bits per heavy atom. The monoisotopic (exact) mass is 140 g/mol. The third-order valence-electron chi connectivity index (χ3n) is 1.14. The Kier molecular flexibility index (Phi) is 3.39. The lowest BCUT2D eigenvalue weighted by atomic mass is 10.0. The molecule has 0 aromatic carbocycles. The summed E-state index contributed by atoms with van der Waals surface area (Å²) in [6.45, 7) is 3.55. The largest absolute Gasteiger partial charge is 0.404 e. The molecule has 0 aliphatic carbocycles. The van der Waals surface area contributed by atoms with E-state index in [9.17, 15) is 4.79 Å². The zero-order valence-electron chi connectivity index (χ0n) is 6.22. The number of hydrogen-bond donors (Lipinski definition) is 2. The number of allylic oxidation sites excluding steroid dienone is 1. The molecule has 0 aliphatic heterocycles. The molecule has 56 valence electrons. The maximum atomic E-state index is 11.0. The normalized spacial score (nSPS) is 11.7. The number of carbonyl (C=O) groups excluding carboxylic acids is 1. The lowest BCUT2D eigenvalue weighted by Gasteiger charge is -2.01. The molecule has 0 saturated carbocycles. The van der Waals surface area contributed by atoms with Crippen LogP contribution in [0.1, 0.15) is 13.8 Å². The summed E-state index contributed by atoms with van der Waals surface area (Å²) in [5.74, 6) is -0.172. The molecule has 3 heteroatoms. The van der Waals surface area contributed by atoms with Gasteiger partial charge in [-0.25, -0.2) is 0 Å². The zero-order chi connectivity index (χ0) is 8.15. The molecule has 0 aromatic rings. The molecule has 0 aromatic heterocycles. The molecule has 0 fully saturated rings. The molecular weight excluding hydrogens is 128 g/mol. The molecule has 0 unspecified atom stereocenters. The van der Waals surface area contributed by atoms with Gasteiger partial charge in [-0.05, 0) is 0 Å². The van der Waals surface area contributed by atoms with E-state index in [-0.39, 0.29) is 17.3 Å². The summed E-state index contributed by atoms with van der Waals surface area (Å²) in [6.07, 6.45) is 2.14. The van der Waals surface area contributed by atoms with E-state index in [1.54, 1.807) is 13.8 Å². The molecule has 0 heterocycles. The minimum Gasteiger partial charge on any atom is -0.404 e. The summed E-state index contributed by atoms with van der Waals surface area (Å²) < 4.78 is 0. The van der Waals surface area contributed by atoms with E-state index in [4.69, 9.17) is 11.1 Å². The number of rotatable bonds is 3. The van der Waals surface area contributed by atoms with Crippen LogP contribution in [0.25, 0.3) is 0 Å². The average Bonchev–Trinajstić information content (AvgIpc) is 1.90. The predicted octanol–water partition coefficient (Wildman–Crippen LogP) is 0.704. The van der Waals surface area contributed by atoms with Gasteiger partial charge in [0.05, 0.1) is 5.57 Å². The van der Waals surface area contributed by atoms with Crippen LogP contribution >= 0.6 is 0 Å². The summed E-state index contributed by atoms with van der Waals surface area (Å²) in [7, 11) is 0. The molecule has 0 aliphatic rings. The SMILES string of the molecule is CC(C)C(=O)/C(C=N)=C/N. The van der Waals surface area contributed by atoms with Gasteiger partial charge in [0.25, 0.3) is 0 Å². The second-order valence-corrected chi connectivity index (χ2v) is 2.29. The Bertz CT molecular complexity index is 170. The Balaban J connectivity index is 4.32. The van der Waals surface area contributed by atoms with Crippen molar-refractivity contribution in [3.63, 3.8) is 0 Å². The maximum absolute atomic E-state index is 11.0. The molecule has 3 nitrogen and oxygen atoms in total. The molecule has 3 N–H and O–H groups in total. The summed E-state index contributed by atoms with van der Waals surface area (Å²) in [4.78, 5) is 11.0. The molecule has 0 rings (SSSR count). The first kappa shape index (κ1) is 8.88. The van der Waals surface area contributed by atoms with Crippen LogP contribution in [0.2, 0.25) is 0 Å². The number of nitrogens with one attached hydrogen (secondary N) is 1. The quantitative estimate of drug-likeness (QED) is 0.447. The highest BCUT2D eigenvalue weighted by atomic mass is 16.1. The van der Waals surface area contributed by atoms with Crippen LogP contribution in [-0.2, 0) is 4.79 Å². The van der Waals surface area contributed by atoms with Crippen molar-refractivity contribution in [3.05, 3.63) is 11.8 Å². The molecule has 0 bridgehead atoms. The third-order valence-corrected chi connectivity index (χ3v) is 1.14. The van der Waals surface area contributed by atoms with Gasteiger partial charge in [-0.3, -0.25) is 4.79 Å². The summed E-state index contributed by atoms with van der Waals surface area (Å²) in [5.41, 5.74) is 5.36. The van der Waals surface area contributed by atoms with E-state index in [1.165, 1.54) is 0 Å². The van der Waals surface area contributed by atoms with Gasteiger partial charge in [-0.15, -0.1) is 0 Å². The molecule has 10 heavy (non-hydrogen) atoms. The van der Waals surface area contributed by atoms with Crippen molar-refractivity contribution in [2.24, 2.45) is 11.7 Å². The van der Waals surface area contributed by atoms with Crippen LogP contribution in [0, 0.1) is 11.3 Å².